The molecule has 0 radical (unpaired) electrons. The van der Waals surface area contributed by atoms with E-state index in [1.54, 1.807) is 30.3 Å². The average molecular weight is 352 g/mol. The Kier molecular flexibility index (Phi) is 5.53. The molecule has 0 unspecified atom stereocenters. The summed E-state index contributed by atoms with van der Waals surface area (Å²) in [5.41, 5.74) is 0. The van der Waals surface area contributed by atoms with Crippen molar-refractivity contribution in [2.24, 2.45) is 5.92 Å². The molecule has 0 bridgehead atoms. The van der Waals surface area contributed by atoms with Gasteiger partial charge in [-0.05, 0) is 37.8 Å². The van der Waals surface area contributed by atoms with Crippen molar-refractivity contribution in [2.45, 2.75) is 36.7 Å². The lowest BCUT2D eigenvalue weighted by atomic mass is 9.99. The lowest BCUT2D eigenvalue weighted by molar-refractivity contribution is -0.126. The average Bonchev–Trinajstić information content (AvgIpc) is 3.14. The lowest BCUT2D eigenvalue weighted by Crippen LogP contribution is -2.46. The number of hydrogen-bond acceptors (Lipinski definition) is 4. The van der Waals surface area contributed by atoms with Crippen LogP contribution in [0, 0.1) is 5.92 Å². The number of hydrogen-bond donors (Lipinski definition) is 1. The van der Waals surface area contributed by atoms with E-state index in [2.05, 4.69) is 5.32 Å². The number of piperidine rings is 1. The second-order valence-corrected chi connectivity index (χ2v) is 8.33. The molecule has 1 aromatic rings. The number of sulfonamides is 1. The van der Waals surface area contributed by atoms with Crippen LogP contribution >= 0.6 is 0 Å². The number of amides is 1. The molecule has 0 spiro atoms. The summed E-state index contributed by atoms with van der Waals surface area (Å²) in [6.07, 6.45) is 3.52. The van der Waals surface area contributed by atoms with E-state index >= 15 is 0 Å². The summed E-state index contributed by atoms with van der Waals surface area (Å²) in [5, 5.41) is 2.92. The highest BCUT2D eigenvalue weighted by atomic mass is 32.2. The summed E-state index contributed by atoms with van der Waals surface area (Å²) in [6, 6.07) is 8.40. The predicted molar refractivity (Wildman–Crippen MR) is 89.9 cm³/mol. The van der Waals surface area contributed by atoms with Gasteiger partial charge in [-0.1, -0.05) is 18.2 Å². The van der Waals surface area contributed by atoms with E-state index in [1.807, 2.05) is 0 Å². The highest BCUT2D eigenvalue weighted by molar-refractivity contribution is 7.89. The van der Waals surface area contributed by atoms with Crippen molar-refractivity contribution in [2.75, 3.05) is 26.2 Å². The standard InChI is InChI=1S/C17H24N2O4S/c20-17(18-12-15-7-5-11-23-15)14-6-4-10-19(13-14)24(21,22)16-8-2-1-3-9-16/h1-3,8-9,14-15H,4-7,10-13H2,(H,18,20)/t14-,15+/m1/s1. The van der Waals surface area contributed by atoms with Crippen molar-refractivity contribution >= 4 is 15.9 Å². The Morgan fingerprint density at radius 3 is 2.71 bits per heavy atom. The molecule has 2 aliphatic rings. The van der Waals surface area contributed by atoms with Crippen LogP contribution in [0.5, 0.6) is 0 Å². The van der Waals surface area contributed by atoms with E-state index in [0.29, 0.717) is 19.5 Å². The Bertz CT molecular complexity index is 656. The van der Waals surface area contributed by atoms with E-state index in [9.17, 15) is 13.2 Å². The van der Waals surface area contributed by atoms with Crippen LogP contribution in [0.2, 0.25) is 0 Å². The van der Waals surface area contributed by atoms with Crippen LogP contribution in [0.4, 0.5) is 0 Å². The van der Waals surface area contributed by atoms with Crippen LogP contribution in [-0.2, 0) is 19.6 Å². The van der Waals surface area contributed by atoms with E-state index in [4.69, 9.17) is 4.74 Å². The molecule has 2 saturated heterocycles. The molecule has 3 rings (SSSR count). The fourth-order valence-corrected chi connectivity index (χ4v) is 4.83. The number of carbonyl (C=O) groups excluding carboxylic acids is 1. The first-order valence-corrected chi connectivity index (χ1v) is 9.96. The van der Waals surface area contributed by atoms with Gasteiger partial charge in [0, 0.05) is 26.2 Å². The first-order valence-electron chi connectivity index (χ1n) is 8.52. The van der Waals surface area contributed by atoms with Crippen molar-refractivity contribution in [3.05, 3.63) is 30.3 Å². The zero-order chi connectivity index (χ0) is 17.0. The Balaban J connectivity index is 1.60. The van der Waals surface area contributed by atoms with Gasteiger partial charge in [0.1, 0.15) is 0 Å². The fourth-order valence-electron chi connectivity index (χ4n) is 3.28. The van der Waals surface area contributed by atoms with Crippen molar-refractivity contribution < 1.29 is 17.9 Å². The molecule has 1 aromatic carbocycles. The van der Waals surface area contributed by atoms with Crippen LogP contribution in [-0.4, -0.2) is 51.0 Å². The topological polar surface area (TPSA) is 75.7 Å². The third-order valence-electron chi connectivity index (χ3n) is 4.66. The second-order valence-electron chi connectivity index (χ2n) is 6.40. The minimum absolute atomic E-state index is 0.0709. The first kappa shape index (κ1) is 17.4. The lowest BCUT2D eigenvalue weighted by Gasteiger charge is -2.31. The van der Waals surface area contributed by atoms with Gasteiger partial charge in [0.05, 0.1) is 16.9 Å². The van der Waals surface area contributed by atoms with Gasteiger partial charge < -0.3 is 10.1 Å². The van der Waals surface area contributed by atoms with Crippen molar-refractivity contribution in [1.82, 2.24) is 9.62 Å². The smallest absolute Gasteiger partial charge is 0.243 e. The number of carbonyl (C=O) groups is 1. The van der Waals surface area contributed by atoms with Crippen LogP contribution in [0.1, 0.15) is 25.7 Å². The van der Waals surface area contributed by atoms with Crippen molar-refractivity contribution in [3.8, 4) is 0 Å². The summed E-state index contributed by atoms with van der Waals surface area (Å²) >= 11 is 0. The van der Waals surface area contributed by atoms with Crippen LogP contribution in [0.25, 0.3) is 0 Å². The monoisotopic (exact) mass is 352 g/mol. The number of rotatable bonds is 5. The maximum absolute atomic E-state index is 12.7. The number of ether oxygens (including phenoxy) is 1. The summed E-state index contributed by atoms with van der Waals surface area (Å²) in [6.45, 7) is 1.98. The Labute approximate surface area is 143 Å². The van der Waals surface area contributed by atoms with E-state index in [1.165, 1.54) is 4.31 Å². The molecule has 0 aliphatic carbocycles. The van der Waals surface area contributed by atoms with Gasteiger partial charge in [-0.2, -0.15) is 4.31 Å². The molecule has 2 fully saturated rings. The molecular formula is C17H24N2O4S. The third-order valence-corrected chi connectivity index (χ3v) is 6.54. The van der Waals surface area contributed by atoms with Crippen LogP contribution in [0.3, 0.4) is 0 Å². The van der Waals surface area contributed by atoms with Crippen molar-refractivity contribution in [3.63, 3.8) is 0 Å². The van der Waals surface area contributed by atoms with Gasteiger partial charge >= 0.3 is 0 Å². The summed E-state index contributed by atoms with van der Waals surface area (Å²) in [7, 11) is -3.53. The van der Waals surface area contributed by atoms with E-state index in [0.717, 1.165) is 25.9 Å². The molecule has 1 N–H and O–H groups in total. The maximum Gasteiger partial charge on any atom is 0.243 e. The molecule has 2 aliphatic heterocycles. The van der Waals surface area contributed by atoms with E-state index in [-0.39, 0.29) is 29.4 Å². The number of nitrogens with one attached hydrogen (secondary N) is 1. The molecular weight excluding hydrogens is 328 g/mol. The van der Waals surface area contributed by atoms with Crippen LogP contribution in [0.15, 0.2) is 35.2 Å². The fraction of sp³-hybridized carbons (Fsp3) is 0.588. The normalized spacial score (nSPS) is 25.5. The highest BCUT2D eigenvalue weighted by Gasteiger charge is 2.33. The molecule has 2 atom stereocenters. The number of nitrogens with zero attached hydrogens (tertiary/aromatic N) is 1. The zero-order valence-corrected chi connectivity index (χ0v) is 14.5. The van der Waals surface area contributed by atoms with Gasteiger partial charge in [-0.25, -0.2) is 8.42 Å². The molecule has 0 aromatic heterocycles. The minimum Gasteiger partial charge on any atom is -0.376 e. The molecule has 1 amide bonds. The zero-order valence-electron chi connectivity index (χ0n) is 13.7. The third kappa shape index (κ3) is 3.96. The Hall–Kier alpha value is -1.44. The highest BCUT2D eigenvalue weighted by Crippen LogP contribution is 2.24. The quantitative estimate of drug-likeness (QED) is 0.869. The van der Waals surface area contributed by atoms with Gasteiger partial charge in [0.2, 0.25) is 15.9 Å². The number of benzene rings is 1. The second kappa shape index (κ2) is 7.63. The Morgan fingerprint density at radius 1 is 1.21 bits per heavy atom. The molecule has 2 heterocycles. The molecule has 0 saturated carbocycles. The largest absolute Gasteiger partial charge is 0.376 e. The molecule has 7 heteroatoms. The van der Waals surface area contributed by atoms with Gasteiger partial charge in [-0.15, -0.1) is 0 Å². The Morgan fingerprint density at radius 2 is 2.00 bits per heavy atom. The van der Waals surface area contributed by atoms with Crippen LogP contribution < -0.4 is 5.32 Å². The van der Waals surface area contributed by atoms with Gasteiger partial charge in [-0.3, -0.25) is 4.79 Å². The SMILES string of the molecule is O=C(NC[C@@H]1CCCO1)[C@@H]1CCCN(S(=O)(=O)c2ccccc2)C1. The molecule has 6 nitrogen and oxygen atoms in total. The van der Waals surface area contributed by atoms with Gasteiger partial charge in [0.15, 0.2) is 0 Å². The summed E-state index contributed by atoms with van der Waals surface area (Å²) in [5.74, 6) is -0.364. The summed E-state index contributed by atoms with van der Waals surface area (Å²) < 4.78 is 32.3. The predicted octanol–water partition coefficient (Wildman–Crippen LogP) is 1.38. The molecule has 132 valence electrons. The van der Waals surface area contributed by atoms with E-state index < -0.39 is 10.0 Å². The summed E-state index contributed by atoms with van der Waals surface area (Å²) in [4.78, 5) is 12.7. The minimum atomic E-state index is -3.53. The first-order chi connectivity index (χ1) is 11.6. The maximum atomic E-state index is 12.7. The van der Waals surface area contributed by atoms with Crippen molar-refractivity contribution in [1.29, 1.82) is 0 Å². The molecule has 24 heavy (non-hydrogen) atoms. The van der Waals surface area contributed by atoms with Gasteiger partial charge in [0.25, 0.3) is 0 Å².